The molecule has 0 saturated carbocycles. The maximum absolute atomic E-state index is 12.7. The molecule has 0 aliphatic carbocycles. The van der Waals surface area contributed by atoms with E-state index in [9.17, 15) is 9.59 Å². The minimum Gasteiger partial charge on any atom is -0.497 e. The van der Waals surface area contributed by atoms with E-state index in [0.29, 0.717) is 28.8 Å². The van der Waals surface area contributed by atoms with Crippen molar-refractivity contribution in [3.8, 4) is 5.75 Å². The van der Waals surface area contributed by atoms with Gasteiger partial charge in [0.25, 0.3) is 5.91 Å². The van der Waals surface area contributed by atoms with Gasteiger partial charge < -0.3 is 19.9 Å². The first-order valence-corrected chi connectivity index (χ1v) is 13.3. The summed E-state index contributed by atoms with van der Waals surface area (Å²) in [6.07, 6.45) is 0.764. The van der Waals surface area contributed by atoms with E-state index in [1.165, 1.54) is 17.3 Å². The Morgan fingerprint density at radius 2 is 1.74 bits per heavy atom. The third-order valence-electron chi connectivity index (χ3n) is 6.02. The van der Waals surface area contributed by atoms with Crippen LogP contribution in [0.2, 0.25) is 0 Å². The van der Waals surface area contributed by atoms with Crippen molar-refractivity contribution in [2.45, 2.75) is 38.5 Å². The molecule has 1 aromatic heterocycles. The fraction of sp³-hybridized carbons (Fsp3) is 0.241. The van der Waals surface area contributed by atoms with E-state index in [1.54, 1.807) is 31.4 Å². The molecule has 9 heteroatoms. The van der Waals surface area contributed by atoms with Crippen LogP contribution < -0.4 is 15.4 Å². The van der Waals surface area contributed by atoms with Crippen molar-refractivity contribution in [1.29, 1.82) is 0 Å². The summed E-state index contributed by atoms with van der Waals surface area (Å²) in [5, 5.41) is 15.2. The molecule has 0 unspecified atom stereocenters. The summed E-state index contributed by atoms with van der Waals surface area (Å²) in [4.78, 5) is 25.4. The van der Waals surface area contributed by atoms with E-state index in [-0.39, 0.29) is 24.1 Å². The lowest BCUT2D eigenvalue weighted by molar-refractivity contribution is -0.113. The third-order valence-corrected chi connectivity index (χ3v) is 6.99. The van der Waals surface area contributed by atoms with Crippen molar-refractivity contribution >= 4 is 29.3 Å². The lowest BCUT2D eigenvalue weighted by Gasteiger charge is -2.12. The number of amides is 2. The fourth-order valence-electron chi connectivity index (χ4n) is 3.86. The number of nitrogens with zero attached hydrogens (tertiary/aromatic N) is 3. The van der Waals surface area contributed by atoms with Gasteiger partial charge in [-0.3, -0.25) is 9.59 Å². The Bertz CT molecular complexity index is 1390. The topological polar surface area (TPSA) is 98.1 Å². The summed E-state index contributed by atoms with van der Waals surface area (Å²) >= 11 is 1.33. The Morgan fingerprint density at radius 1 is 0.974 bits per heavy atom. The molecular formula is C29H31N5O3S. The number of aromatic nitrogens is 3. The van der Waals surface area contributed by atoms with Crippen LogP contribution in [0.3, 0.4) is 0 Å². The molecule has 196 valence electrons. The molecule has 0 aliphatic rings. The van der Waals surface area contributed by atoms with E-state index < -0.39 is 0 Å². The quantitative estimate of drug-likeness (QED) is 0.271. The molecule has 2 N–H and O–H groups in total. The molecule has 0 atom stereocenters. The summed E-state index contributed by atoms with van der Waals surface area (Å²) in [5.41, 5.74) is 4.61. The Morgan fingerprint density at radius 3 is 2.47 bits per heavy atom. The molecule has 0 fully saturated rings. The number of rotatable bonds is 11. The third kappa shape index (κ3) is 7.23. The van der Waals surface area contributed by atoms with E-state index in [4.69, 9.17) is 4.74 Å². The highest BCUT2D eigenvalue weighted by molar-refractivity contribution is 7.99. The Kier molecular flexibility index (Phi) is 9.16. The fourth-order valence-corrected chi connectivity index (χ4v) is 4.64. The van der Waals surface area contributed by atoms with Crippen LogP contribution in [0.4, 0.5) is 5.69 Å². The molecule has 0 bridgehead atoms. The predicted octanol–water partition coefficient (Wildman–Crippen LogP) is 4.81. The molecule has 4 aromatic rings. The van der Waals surface area contributed by atoms with Crippen molar-refractivity contribution in [3.05, 3.63) is 101 Å². The second-order valence-electron chi connectivity index (χ2n) is 8.85. The van der Waals surface area contributed by atoms with Crippen LogP contribution in [0.15, 0.2) is 78.0 Å². The summed E-state index contributed by atoms with van der Waals surface area (Å²) in [7, 11) is 1.58. The summed E-state index contributed by atoms with van der Waals surface area (Å²) < 4.78 is 7.13. The average Bonchev–Trinajstić information content (AvgIpc) is 3.33. The van der Waals surface area contributed by atoms with Gasteiger partial charge in [0.15, 0.2) is 11.0 Å². The standard InChI is InChI=1S/C29H31N5O3S/c1-20-9-10-21(2)25(17-20)31-27(35)19-38-29-33-32-26(34(29)16-15-22-7-5-4-6-8-22)18-30-28(36)23-11-13-24(37-3)14-12-23/h4-14,17H,15-16,18-19H2,1-3H3,(H,30,36)(H,31,35). The van der Waals surface area contributed by atoms with Gasteiger partial charge in [0, 0.05) is 17.8 Å². The number of benzene rings is 3. The molecule has 1 heterocycles. The largest absolute Gasteiger partial charge is 0.497 e. The lowest BCUT2D eigenvalue weighted by Crippen LogP contribution is -2.25. The van der Waals surface area contributed by atoms with Gasteiger partial charge in [-0.25, -0.2) is 0 Å². The zero-order chi connectivity index (χ0) is 26.9. The Hall–Kier alpha value is -4.11. The molecule has 0 saturated heterocycles. The van der Waals surface area contributed by atoms with Gasteiger partial charge in [-0.05, 0) is 67.3 Å². The van der Waals surface area contributed by atoms with Gasteiger partial charge in [-0.15, -0.1) is 10.2 Å². The zero-order valence-electron chi connectivity index (χ0n) is 21.7. The lowest BCUT2D eigenvalue weighted by atomic mass is 10.1. The van der Waals surface area contributed by atoms with Crippen molar-refractivity contribution in [2.24, 2.45) is 0 Å². The molecule has 8 nitrogen and oxygen atoms in total. The summed E-state index contributed by atoms with van der Waals surface area (Å²) in [5.74, 6) is 1.17. The molecule has 0 aliphatic heterocycles. The molecule has 0 radical (unpaired) electrons. The molecule has 0 spiro atoms. The van der Waals surface area contributed by atoms with E-state index in [1.807, 2.05) is 54.8 Å². The number of nitrogens with one attached hydrogen (secondary N) is 2. The van der Waals surface area contributed by atoms with E-state index in [2.05, 4.69) is 33.0 Å². The Labute approximate surface area is 226 Å². The minimum absolute atomic E-state index is 0.115. The number of hydrogen-bond acceptors (Lipinski definition) is 6. The second kappa shape index (κ2) is 12.9. The maximum Gasteiger partial charge on any atom is 0.251 e. The highest BCUT2D eigenvalue weighted by Gasteiger charge is 2.16. The first-order valence-electron chi connectivity index (χ1n) is 12.3. The number of aryl methyl sites for hydroxylation is 3. The van der Waals surface area contributed by atoms with Gasteiger partial charge in [0.1, 0.15) is 5.75 Å². The van der Waals surface area contributed by atoms with E-state index in [0.717, 1.165) is 23.2 Å². The van der Waals surface area contributed by atoms with Crippen molar-refractivity contribution in [3.63, 3.8) is 0 Å². The second-order valence-corrected chi connectivity index (χ2v) is 9.79. The van der Waals surface area contributed by atoms with Gasteiger partial charge in [-0.1, -0.05) is 54.2 Å². The van der Waals surface area contributed by atoms with Crippen LogP contribution in [0.5, 0.6) is 5.75 Å². The number of carbonyl (C=O) groups excluding carboxylic acids is 2. The van der Waals surface area contributed by atoms with Crippen LogP contribution >= 0.6 is 11.8 Å². The molecule has 4 rings (SSSR count). The van der Waals surface area contributed by atoms with Crippen LogP contribution in [-0.2, 0) is 24.3 Å². The first kappa shape index (κ1) is 26.9. The average molecular weight is 530 g/mol. The highest BCUT2D eigenvalue weighted by Crippen LogP contribution is 2.21. The number of ether oxygens (including phenoxy) is 1. The van der Waals surface area contributed by atoms with Crippen molar-refractivity contribution in [2.75, 3.05) is 18.2 Å². The Balaban J connectivity index is 1.44. The normalized spacial score (nSPS) is 10.7. The zero-order valence-corrected chi connectivity index (χ0v) is 22.5. The van der Waals surface area contributed by atoms with Crippen LogP contribution in [0.1, 0.15) is 32.9 Å². The van der Waals surface area contributed by atoms with Gasteiger partial charge in [0.2, 0.25) is 5.91 Å². The molecule has 3 aromatic carbocycles. The van der Waals surface area contributed by atoms with E-state index >= 15 is 0 Å². The predicted molar refractivity (Wildman–Crippen MR) is 150 cm³/mol. The maximum atomic E-state index is 12.7. The number of thioether (sulfide) groups is 1. The minimum atomic E-state index is -0.215. The van der Waals surface area contributed by atoms with Crippen molar-refractivity contribution in [1.82, 2.24) is 20.1 Å². The smallest absolute Gasteiger partial charge is 0.251 e. The number of anilines is 1. The number of hydrogen-bond donors (Lipinski definition) is 2. The highest BCUT2D eigenvalue weighted by atomic mass is 32.2. The van der Waals surface area contributed by atoms with Gasteiger partial charge in [-0.2, -0.15) is 0 Å². The monoisotopic (exact) mass is 529 g/mol. The molecule has 38 heavy (non-hydrogen) atoms. The number of methoxy groups -OCH3 is 1. The first-order chi connectivity index (χ1) is 18.4. The molecule has 2 amide bonds. The summed E-state index contributed by atoms with van der Waals surface area (Å²) in [6.45, 7) is 4.79. The SMILES string of the molecule is COc1ccc(C(=O)NCc2nnc(SCC(=O)Nc3cc(C)ccc3C)n2CCc2ccccc2)cc1. The van der Waals surface area contributed by atoms with Crippen LogP contribution in [0.25, 0.3) is 0 Å². The number of carbonyl (C=O) groups is 2. The van der Waals surface area contributed by atoms with Crippen LogP contribution in [-0.4, -0.2) is 39.4 Å². The summed E-state index contributed by atoms with van der Waals surface area (Å²) in [6, 6.07) is 23.0. The molecular weight excluding hydrogens is 498 g/mol. The van der Waals surface area contributed by atoms with Crippen LogP contribution in [0, 0.1) is 13.8 Å². The van der Waals surface area contributed by atoms with Gasteiger partial charge >= 0.3 is 0 Å². The van der Waals surface area contributed by atoms with Crippen molar-refractivity contribution < 1.29 is 14.3 Å². The van der Waals surface area contributed by atoms with Gasteiger partial charge in [0.05, 0.1) is 19.4 Å².